The van der Waals surface area contributed by atoms with E-state index < -0.39 is 8.07 Å². The lowest BCUT2D eigenvalue weighted by Gasteiger charge is -2.26. The minimum atomic E-state index is -1.33. The summed E-state index contributed by atoms with van der Waals surface area (Å²) in [6.45, 7) is 15.0. The zero-order valence-electron chi connectivity index (χ0n) is 11.3. The van der Waals surface area contributed by atoms with Crippen molar-refractivity contribution < 1.29 is 9.53 Å². The Balaban J connectivity index is 4.25. The summed E-state index contributed by atoms with van der Waals surface area (Å²) >= 11 is 0. The Labute approximate surface area is 95.4 Å². The first kappa shape index (κ1) is 14.7. The molecule has 0 atom stereocenters. The van der Waals surface area contributed by atoms with E-state index in [0.29, 0.717) is 17.9 Å². The van der Waals surface area contributed by atoms with Gasteiger partial charge in [-0.05, 0) is 11.8 Å². The summed E-state index contributed by atoms with van der Waals surface area (Å²) in [4.78, 5) is 11.7. The van der Waals surface area contributed by atoms with Crippen molar-refractivity contribution in [2.24, 2.45) is 11.8 Å². The van der Waals surface area contributed by atoms with Crippen molar-refractivity contribution >= 4 is 14.0 Å². The highest BCUT2D eigenvalue weighted by atomic mass is 28.3. The number of ether oxygens (including phenoxy) is 1. The zero-order chi connectivity index (χ0) is 12.2. The maximum atomic E-state index is 11.7. The van der Waals surface area contributed by atoms with E-state index in [1.807, 2.05) is 0 Å². The Morgan fingerprint density at radius 2 is 1.47 bits per heavy atom. The molecule has 0 N–H and O–H groups in total. The van der Waals surface area contributed by atoms with Gasteiger partial charge >= 0.3 is 5.97 Å². The topological polar surface area (TPSA) is 26.3 Å². The monoisotopic (exact) mass is 230 g/mol. The van der Waals surface area contributed by atoms with Crippen LogP contribution in [0.4, 0.5) is 0 Å². The number of rotatable bonds is 5. The van der Waals surface area contributed by atoms with Gasteiger partial charge in [0.2, 0.25) is 0 Å². The fourth-order valence-corrected chi connectivity index (χ4v) is 2.62. The molecule has 0 fully saturated rings. The van der Waals surface area contributed by atoms with Gasteiger partial charge in [-0.3, -0.25) is 4.79 Å². The molecule has 0 heterocycles. The first-order valence-electron chi connectivity index (χ1n) is 5.83. The minimum absolute atomic E-state index is 0.0124. The molecule has 0 aliphatic rings. The smallest absolute Gasteiger partial charge is 0.303 e. The van der Waals surface area contributed by atoms with Gasteiger partial charge in [-0.15, -0.1) is 0 Å². The number of hydrogen-bond donors (Lipinski definition) is 0. The Kier molecular flexibility index (Phi) is 5.57. The van der Waals surface area contributed by atoms with E-state index in [2.05, 4.69) is 47.3 Å². The van der Waals surface area contributed by atoms with Crippen molar-refractivity contribution in [1.82, 2.24) is 0 Å². The fraction of sp³-hybridized carbons (Fsp3) is 0.917. The van der Waals surface area contributed by atoms with Crippen LogP contribution in [0, 0.1) is 11.8 Å². The highest BCUT2D eigenvalue weighted by Gasteiger charge is 2.25. The molecule has 3 heteroatoms. The van der Waals surface area contributed by atoms with Crippen molar-refractivity contribution in [2.45, 2.75) is 59.5 Å². The van der Waals surface area contributed by atoms with Crippen LogP contribution in [0.25, 0.3) is 0 Å². The number of carbonyl (C=O) groups is 1. The van der Waals surface area contributed by atoms with Gasteiger partial charge in [0.25, 0.3) is 0 Å². The molecule has 0 rings (SSSR count). The molecule has 90 valence electrons. The van der Waals surface area contributed by atoms with Gasteiger partial charge in [0, 0.05) is 6.04 Å². The van der Waals surface area contributed by atoms with E-state index >= 15 is 0 Å². The van der Waals surface area contributed by atoms with Crippen LogP contribution < -0.4 is 0 Å². The third-order valence-corrected chi connectivity index (χ3v) is 3.61. The van der Waals surface area contributed by atoms with Crippen molar-refractivity contribution in [2.75, 3.05) is 0 Å². The summed E-state index contributed by atoms with van der Waals surface area (Å²) in [5.74, 6) is 0.785. The molecule has 0 aromatic heterocycles. The maximum Gasteiger partial charge on any atom is 0.303 e. The third kappa shape index (κ3) is 6.71. The summed E-state index contributed by atoms with van der Waals surface area (Å²) in [7, 11) is -1.33. The number of carbonyl (C=O) groups excluding carboxylic acids is 1. The Bertz CT molecular complexity index is 196. The highest BCUT2D eigenvalue weighted by molar-refractivity contribution is 6.78. The van der Waals surface area contributed by atoms with Crippen molar-refractivity contribution in [3.8, 4) is 0 Å². The molecular formula is C12H26O2Si. The molecule has 0 saturated heterocycles. The average Bonchev–Trinajstić information content (AvgIpc) is 1.95. The molecular weight excluding hydrogens is 204 g/mol. The maximum absolute atomic E-state index is 11.7. The molecule has 0 bridgehead atoms. The van der Waals surface area contributed by atoms with Crippen LogP contribution in [0.5, 0.6) is 0 Å². The average molecular weight is 230 g/mol. The summed E-state index contributed by atoms with van der Waals surface area (Å²) < 4.78 is 5.55. The normalized spacial score (nSPS) is 12.7. The summed E-state index contributed by atoms with van der Waals surface area (Å²) in [6, 6.07) is 0.628. The molecule has 0 aliphatic carbocycles. The van der Waals surface area contributed by atoms with Gasteiger partial charge < -0.3 is 4.74 Å². The largest absolute Gasteiger partial charge is 0.462 e. The van der Waals surface area contributed by atoms with Crippen LogP contribution in [0.3, 0.4) is 0 Å². The van der Waals surface area contributed by atoms with E-state index in [1.165, 1.54) is 0 Å². The first-order valence-corrected chi connectivity index (χ1v) is 9.53. The zero-order valence-corrected chi connectivity index (χ0v) is 12.3. The van der Waals surface area contributed by atoms with E-state index in [4.69, 9.17) is 4.74 Å². The van der Waals surface area contributed by atoms with Crippen LogP contribution in [-0.2, 0) is 9.53 Å². The summed E-state index contributed by atoms with van der Waals surface area (Å²) in [6.07, 6.45) is 0.0637. The number of hydrogen-bond acceptors (Lipinski definition) is 2. The Morgan fingerprint density at radius 3 is 1.73 bits per heavy atom. The van der Waals surface area contributed by atoms with Crippen LogP contribution in [0.1, 0.15) is 27.7 Å². The lowest BCUT2D eigenvalue weighted by atomic mass is 9.96. The van der Waals surface area contributed by atoms with E-state index in [0.717, 1.165) is 0 Å². The van der Waals surface area contributed by atoms with Crippen LogP contribution >= 0.6 is 0 Å². The quantitative estimate of drug-likeness (QED) is 0.533. The van der Waals surface area contributed by atoms with Gasteiger partial charge in [0.1, 0.15) is 6.10 Å². The second kappa shape index (κ2) is 5.68. The second-order valence-corrected chi connectivity index (χ2v) is 11.7. The highest BCUT2D eigenvalue weighted by Crippen LogP contribution is 2.18. The van der Waals surface area contributed by atoms with E-state index in [9.17, 15) is 4.79 Å². The molecule has 0 amide bonds. The standard InChI is InChI=1S/C12H26O2Si/c1-9(2)12(10(3)4)14-11(13)8-15(5,6)7/h9-10,12H,8H2,1-7H3. The van der Waals surface area contributed by atoms with E-state index in [1.54, 1.807) is 0 Å². The first-order chi connectivity index (χ1) is 6.63. The van der Waals surface area contributed by atoms with Gasteiger partial charge in [-0.2, -0.15) is 0 Å². The van der Waals surface area contributed by atoms with Crippen molar-refractivity contribution in [3.05, 3.63) is 0 Å². The molecule has 0 aromatic carbocycles. The molecule has 0 unspecified atom stereocenters. The SMILES string of the molecule is CC(C)C(OC(=O)C[Si](C)(C)C)C(C)C. The van der Waals surface area contributed by atoms with Gasteiger partial charge in [-0.25, -0.2) is 0 Å². The third-order valence-electron chi connectivity index (χ3n) is 2.26. The van der Waals surface area contributed by atoms with Gasteiger partial charge in [0.05, 0.1) is 8.07 Å². The molecule has 15 heavy (non-hydrogen) atoms. The van der Waals surface area contributed by atoms with Gasteiger partial charge in [0.15, 0.2) is 0 Å². The predicted molar refractivity (Wildman–Crippen MR) is 67.7 cm³/mol. The Hall–Kier alpha value is -0.313. The van der Waals surface area contributed by atoms with Crippen molar-refractivity contribution in [1.29, 1.82) is 0 Å². The summed E-state index contributed by atoms with van der Waals surface area (Å²) in [5, 5.41) is 0. The Morgan fingerprint density at radius 1 is 1.07 bits per heavy atom. The predicted octanol–water partition coefficient (Wildman–Crippen LogP) is 3.55. The second-order valence-electron chi connectivity index (χ2n) is 6.18. The number of esters is 1. The summed E-state index contributed by atoms with van der Waals surface area (Å²) in [5.41, 5.74) is 0. The van der Waals surface area contributed by atoms with Gasteiger partial charge in [-0.1, -0.05) is 47.3 Å². The fourth-order valence-electron chi connectivity index (χ4n) is 1.67. The van der Waals surface area contributed by atoms with Crippen LogP contribution in [-0.4, -0.2) is 20.1 Å². The molecule has 0 aromatic rings. The lowest BCUT2D eigenvalue weighted by Crippen LogP contribution is -2.32. The lowest BCUT2D eigenvalue weighted by molar-refractivity contribution is -0.151. The van der Waals surface area contributed by atoms with E-state index in [-0.39, 0.29) is 12.1 Å². The van der Waals surface area contributed by atoms with Crippen LogP contribution in [0.2, 0.25) is 25.7 Å². The minimum Gasteiger partial charge on any atom is -0.462 e. The van der Waals surface area contributed by atoms with Crippen LogP contribution in [0.15, 0.2) is 0 Å². The molecule has 0 spiro atoms. The molecule has 0 saturated carbocycles. The molecule has 0 radical (unpaired) electrons. The van der Waals surface area contributed by atoms with Crippen molar-refractivity contribution in [3.63, 3.8) is 0 Å². The molecule has 2 nitrogen and oxygen atoms in total. The molecule has 0 aliphatic heterocycles.